The van der Waals surface area contributed by atoms with Crippen LogP contribution >= 0.6 is 0 Å². The maximum atomic E-state index is 13.1. The van der Waals surface area contributed by atoms with Gasteiger partial charge in [-0.1, -0.05) is 133 Å². The van der Waals surface area contributed by atoms with Crippen LogP contribution in [0.2, 0.25) is 0 Å². The molecule has 1 amide bonds. The number of ether oxygens (including phenoxy) is 2. The van der Waals surface area contributed by atoms with Crippen molar-refractivity contribution in [3.8, 4) is 23.0 Å². The highest BCUT2D eigenvalue weighted by molar-refractivity contribution is 8.00. The Morgan fingerprint density at radius 1 is 0.433 bits per heavy atom. The number of aromatic carboxylic acids is 1. The van der Waals surface area contributed by atoms with E-state index in [1.54, 1.807) is 85.9 Å². The number of nitro groups is 1. The average Bonchev–Trinajstić information content (AvgIpc) is 1.60. The number of rotatable bonds is 8. The van der Waals surface area contributed by atoms with Gasteiger partial charge in [-0.2, -0.15) is 8.42 Å². The Bertz CT molecular complexity index is 5500. The van der Waals surface area contributed by atoms with Crippen LogP contribution in [0.1, 0.15) is 31.1 Å². The Balaban J connectivity index is 0.000000117. The second kappa shape index (κ2) is 30.1. The lowest BCUT2D eigenvalue weighted by molar-refractivity contribution is -0.384. The fourth-order valence-corrected chi connectivity index (χ4v) is 24.4. The van der Waals surface area contributed by atoms with Crippen LogP contribution in [0.3, 0.4) is 0 Å². The molecule has 0 aromatic heterocycles. The summed E-state index contributed by atoms with van der Waals surface area (Å²) in [6.07, 6.45) is 0. The van der Waals surface area contributed by atoms with Gasteiger partial charge in [-0.25, -0.2) is 18.0 Å². The molecule has 0 saturated heterocycles. The van der Waals surface area contributed by atoms with Crippen LogP contribution < -0.4 is 23.3 Å². The van der Waals surface area contributed by atoms with Gasteiger partial charge < -0.3 is 24.1 Å². The van der Waals surface area contributed by atoms with Crippen molar-refractivity contribution in [2.45, 2.75) is 68.5 Å². The van der Waals surface area contributed by atoms with E-state index in [1.165, 1.54) is 16.4 Å². The summed E-state index contributed by atoms with van der Waals surface area (Å²) in [7, 11) is -8.02. The van der Waals surface area contributed by atoms with Crippen LogP contribution in [0.25, 0.3) is 0 Å². The molecule has 0 fully saturated rings. The van der Waals surface area contributed by atoms with Gasteiger partial charge in [0.15, 0.2) is 65.3 Å². The molecular formula is C82H59N3O13S6+4. The molecule has 4 atom stereocenters. The van der Waals surface area contributed by atoms with Gasteiger partial charge in [0.2, 0.25) is 9.79 Å². The number of sulfonamides is 1. The van der Waals surface area contributed by atoms with Gasteiger partial charge in [0.25, 0.3) is 21.6 Å². The summed E-state index contributed by atoms with van der Waals surface area (Å²) in [6, 6.07) is 100. The van der Waals surface area contributed by atoms with Crippen molar-refractivity contribution in [2.24, 2.45) is 0 Å². The number of nitrogens with one attached hydrogen (secondary N) is 1. The van der Waals surface area contributed by atoms with E-state index in [4.69, 9.17) is 18.8 Å². The summed E-state index contributed by atoms with van der Waals surface area (Å²) in [4.78, 5) is 58.4. The molecule has 0 spiro atoms. The largest absolute Gasteiger partial charge is 0.478 e. The molecule has 2 N–H and O–H groups in total. The molecule has 13 aromatic rings. The van der Waals surface area contributed by atoms with Gasteiger partial charge >= 0.3 is 22.1 Å². The SMILES string of the molecule is CN1c2ccccc2[S+](c2ccccc2)c2ccccc2S1(=O)=O.O=C(O)c1ccc([S+]2c3ccccc3NC(=O)c3ccccc32)cc1.O=C1Oc2ccccc2[S+](c2ccc([N+](=O)[O-])cc2)c2ccccc21.O=S1(=O)Oc2ccccc2[S+](c2ccc(Oc3ccccc3)cc2)c2ccccc21. The van der Waals surface area contributed by atoms with E-state index >= 15 is 0 Å². The third kappa shape index (κ3) is 14.2. The van der Waals surface area contributed by atoms with Crippen molar-refractivity contribution in [2.75, 3.05) is 16.7 Å². The van der Waals surface area contributed by atoms with Crippen LogP contribution in [0, 0.1) is 10.1 Å². The van der Waals surface area contributed by atoms with Gasteiger partial charge in [-0.05, 0) is 170 Å². The number of carboxylic acid groups (broad SMARTS) is 1. The Hall–Kier alpha value is -11.6. The lowest BCUT2D eigenvalue weighted by Gasteiger charge is -2.16. The van der Waals surface area contributed by atoms with Crippen molar-refractivity contribution in [1.82, 2.24) is 0 Å². The fourth-order valence-electron chi connectivity index (χ4n) is 11.9. The Labute approximate surface area is 611 Å². The first kappa shape index (κ1) is 69.5. The highest BCUT2D eigenvalue weighted by atomic mass is 32.2. The number of nitro benzene ring substituents is 1. The number of para-hydroxylation sites is 5. The van der Waals surface area contributed by atoms with Crippen molar-refractivity contribution >= 4 is 98.6 Å². The second-order valence-electron chi connectivity index (χ2n) is 23.1. The number of non-ortho nitro benzene ring substituents is 1. The normalized spacial score (nSPS) is 16.5. The minimum atomic E-state index is -3.90. The molecule has 16 nitrogen and oxygen atoms in total. The first-order valence-electron chi connectivity index (χ1n) is 32.1. The minimum Gasteiger partial charge on any atom is -0.478 e. The molecule has 4 unspecified atom stereocenters. The lowest BCUT2D eigenvalue weighted by atomic mass is 10.2. The number of carbonyl (C=O) groups is 3. The molecule has 13 aromatic carbocycles. The second-order valence-corrected chi connectivity index (χ2v) is 34.4. The number of anilines is 2. The number of esters is 1. The molecule has 512 valence electrons. The van der Waals surface area contributed by atoms with Crippen LogP contribution in [-0.2, 0) is 63.7 Å². The number of carbonyl (C=O) groups excluding carboxylic acids is 2. The minimum absolute atomic E-state index is 0.0380. The van der Waals surface area contributed by atoms with Gasteiger partial charge in [0.05, 0.1) is 21.7 Å². The van der Waals surface area contributed by atoms with E-state index in [2.05, 4.69) is 17.4 Å². The molecule has 0 aliphatic carbocycles. The molecule has 104 heavy (non-hydrogen) atoms. The molecule has 22 heteroatoms. The van der Waals surface area contributed by atoms with E-state index in [0.717, 1.165) is 75.9 Å². The fraction of sp³-hybridized carbons (Fsp3) is 0.0122. The van der Waals surface area contributed by atoms with Gasteiger partial charge in [0, 0.05) is 31.3 Å². The van der Waals surface area contributed by atoms with Gasteiger partial charge in [-0.3, -0.25) is 19.2 Å². The smallest absolute Gasteiger partial charge is 0.348 e. The first-order chi connectivity index (χ1) is 50.5. The predicted molar refractivity (Wildman–Crippen MR) is 402 cm³/mol. The summed E-state index contributed by atoms with van der Waals surface area (Å²) >= 11 is 0. The lowest BCUT2D eigenvalue weighted by Crippen LogP contribution is -2.26. The number of nitrogens with zero attached hydrogens (tertiary/aromatic N) is 2. The maximum Gasteiger partial charge on any atom is 0.348 e. The molecule has 17 rings (SSSR count). The van der Waals surface area contributed by atoms with Gasteiger partial charge in [-0.15, -0.1) is 0 Å². The number of carboxylic acids is 1. The molecule has 4 heterocycles. The van der Waals surface area contributed by atoms with Gasteiger partial charge in [0.1, 0.15) is 71.2 Å². The summed E-state index contributed by atoms with van der Waals surface area (Å²) in [6.45, 7) is 0. The summed E-state index contributed by atoms with van der Waals surface area (Å²) < 4.78 is 70.2. The van der Waals surface area contributed by atoms with Crippen LogP contribution in [0.4, 0.5) is 17.1 Å². The van der Waals surface area contributed by atoms with E-state index in [-0.39, 0.29) is 28.0 Å². The predicted octanol–water partition coefficient (Wildman–Crippen LogP) is 17.8. The summed E-state index contributed by atoms with van der Waals surface area (Å²) in [5, 5.41) is 23.0. The molecular weight excluding hydrogens is 1430 g/mol. The first-order valence-corrected chi connectivity index (χ1v) is 39.9. The van der Waals surface area contributed by atoms with E-state index < -0.39 is 74.6 Å². The zero-order valence-electron chi connectivity index (χ0n) is 54.9. The number of hydrogen-bond acceptors (Lipinski definition) is 12. The Morgan fingerprint density at radius 2 is 0.846 bits per heavy atom. The van der Waals surface area contributed by atoms with Crippen molar-refractivity contribution in [3.05, 3.63) is 354 Å². The molecule has 4 aliphatic heterocycles. The molecule has 0 saturated carbocycles. The molecule has 0 bridgehead atoms. The summed E-state index contributed by atoms with van der Waals surface area (Å²) in [5.74, 6) is 0.895. The van der Waals surface area contributed by atoms with Crippen molar-refractivity contribution in [3.63, 3.8) is 0 Å². The average molecular weight is 1490 g/mol. The topological polar surface area (TPSA) is 226 Å². The maximum absolute atomic E-state index is 13.1. The Morgan fingerprint density at radius 3 is 1.47 bits per heavy atom. The molecule has 0 radical (unpaired) electrons. The monoisotopic (exact) mass is 1490 g/mol. The van der Waals surface area contributed by atoms with E-state index in [1.807, 2.05) is 224 Å². The third-order valence-corrected chi connectivity index (χ3v) is 29.4. The van der Waals surface area contributed by atoms with Crippen molar-refractivity contribution in [1.29, 1.82) is 0 Å². The zero-order chi connectivity index (χ0) is 72.1. The highest BCUT2D eigenvalue weighted by Crippen LogP contribution is 2.47. The summed E-state index contributed by atoms with van der Waals surface area (Å²) in [5.41, 5.74) is 2.97. The van der Waals surface area contributed by atoms with Crippen molar-refractivity contribution < 1.29 is 54.9 Å². The Kier molecular flexibility index (Phi) is 20.1. The number of hydrogen-bond donors (Lipinski definition) is 2. The highest BCUT2D eigenvalue weighted by Gasteiger charge is 2.46. The number of amides is 1. The van der Waals surface area contributed by atoms with E-state index in [9.17, 15) is 41.3 Å². The van der Waals surface area contributed by atoms with E-state index in [0.29, 0.717) is 33.3 Å². The zero-order valence-corrected chi connectivity index (χ0v) is 59.8. The van der Waals surface area contributed by atoms with Crippen LogP contribution in [-0.4, -0.2) is 51.8 Å². The molecule has 4 aliphatic rings. The number of fused-ring (bicyclic) bond motifs is 8. The van der Waals surface area contributed by atoms with Crippen LogP contribution in [0.15, 0.2) is 396 Å². The standard InChI is InChI=1S/C24H17O4S2.C20H13NO3S.C19H12NO4S.C19H16NO2S2/c25-30(26)24-13-7-6-12-23(24)29(22-11-5-4-10-21(22)28-30)20-16-14-19(15-17-20)27-18-8-2-1-3-9-18;22-19-15-5-1-3-7-17(15)25(18-8-4-2-6-16(18)21-19)14-11-9-13(10-12-14)20(23)24;21-19-15-5-1-3-7-17(15)25(18-8-4-2-6-16(18)24-19)14-11-9-13(10-12-14)20(22)23;1-20-16-11-5-6-12-17(16)23(15-9-3-2-4-10-15)18-13-7-8-14-19(18)24(20,21)22/h1-17H;1-12H,(H-,21,22,23,24);1-12H;2-14H,1H3/q+1;;2*+1/p+1. The van der Waals surface area contributed by atoms with Crippen LogP contribution in [0.5, 0.6) is 23.0 Å². The third-order valence-electron chi connectivity index (χ3n) is 16.7. The quantitative estimate of drug-likeness (QED) is 0.0361. The number of benzene rings is 13.